The van der Waals surface area contributed by atoms with Gasteiger partial charge in [-0.3, -0.25) is 4.90 Å². The minimum absolute atomic E-state index is 0.181. The van der Waals surface area contributed by atoms with Crippen molar-refractivity contribution in [2.45, 2.75) is 43.6 Å². The molecule has 18 heavy (non-hydrogen) atoms. The van der Waals surface area contributed by atoms with Crippen LogP contribution in [0.2, 0.25) is 0 Å². The summed E-state index contributed by atoms with van der Waals surface area (Å²) in [5, 5.41) is 0.623. The molecule has 1 saturated heterocycles. The standard InChI is InChI=1S/C13H22N4S/c1-11-13(10-14,3-2-8-18-11)17-7-6-16-5-4-15-12(16)9-17/h4-5,11H,2-3,6-10,14H2,1H3. The molecule has 2 aliphatic rings. The molecule has 0 aliphatic carbocycles. The molecule has 2 N–H and O–H groups in total. The number of aromatic nitrogens is 2. The molecule has 2 atom stereocenters. The van der Waals surface area contributed by atoms with Crippen LogP contribution in [0.4, 0.5) is 0 Å². The monoisotopic (exact) mass is 266 g/mol. The predicted octanol–water partition coefficient (Wildman–Crippen LogP) is 1.31. The van der Waals surface area contributed by atoms with Gasteiger partial charge in [-0.05, 0) is 18.6 Å². The third-order valence-electron chi connectivity index (χ3n) is 4.61. The Hall–Kier alpha value is -0.520. The molecule has 0 bridgehead atoms. The Morgan fingerprint density at radius 1 is 1.56 bits per heavy atom. The fourth-order valence-corrected chi connectivity index (χ4v) is 4.70. The number of hydrogen-bond acceptors (Lipinski definition) is 4. The Labute approximate surface area is 113 Å². The minimum atomic E-state index is 0.181. The van der Waals surface area contributed by atoms with Gasteiger partial charge in [-0.1, -0.05) is 6.92 Å². The van der Waals surface area contributed by atoms with Gasteiger partial charge in [-0.2, -0.15) is 11.8 Å². The Morgan fingerprint density at radius 3 is 3.22 bits per heavy atom. The topological polar surface area (TPSA) is 47.1 Å². The lowest BCUT2D eigenvalue weighted by Gasteiger charge is -2.50. The van der Waals surface area contributed by atoms with Crippen LogP contribution in [0.15, 0.2) is 12.4 Å². The van der Waals surface area contributed by atoms with Crippen molar-refractivity contribution in [3.63, 3.8) is 0 Å². The molecule has 0 radical (unpaired) electrons. The number of imidazole rings is 1. The molecule has 2 aliphatic heterocycles. The molecule has 1 aromatic rings. The molecule has 0 spiro atoms. The maximum absolute atomic E-state index is 6.17. The lowest BCUT2D eigenvalue weighted by molar-refractivity contribution is 0.0533. The minimum Gasteiger partial charge on any atom is -0.333 e. The van der Waals surface area contributed by atoms with Gasteiger partial charge >= 0.3 is 0 Å². The molecule has 1 aromatic heterocycles. The van der Waals surface area contributed by atoms with Gasteiger partial charge in [0.25, 0.3) is 0 Å². The molecule has 0 amide bonds. The van der Waals surface area contributed by atoms with Crippen molar-refractivity contribution in [3.05, 3.63) is 18.2 Å². The average molecular weight is 266 g/mol. The number of rotatable bonds is 2. The van der Waals surface area contributed by atoms with Crippen molar-refractivity contribution in [1.82, 2.24) is 14.5 Å². The quantitative estimate of drug-likeness (QED) is 0.877. The molecule has 3 rings (SSSR count). The Morgan fingerprint density at radius 2 is 2.44 bits per heavy atom. The Bertz CT molecular complexity index is 419. The summed E-state index contributed by atoms with van der Waals surface area (Å²) in [4.78, 5) is 7.06. The van der Waals surface area contributed by atoms with Crippen molar-refractivity contribution in [2.75, 3.05) is 18.8 Å². The highest BCUT2D eigenvalue weighted by atomic mass is 32.2. The molecule has 5 heteroatoms. The van der Waals surface area contributed by atoms with Crippen LogP contribution in [0.25, 0.3) is 0 Å². The highest BCUT2D eigenvalue weighted by Gasteiger charge is 2.43. The van der Waals surface area contributed by atoms with E-state index in [4.69, 9.17) is 5.73 Å². The largest absolute Gasteiger partial charge is 0.333 e. The zero-order chi connectivity index (χ0) is 12.6. The van der Waals surface area contributed by atoms with Crippen LogP contribution in [0.3, 0.4) is 0 Å². The van der Waals surface area contributed by atoms with Gasteiger partial charge in [-0.15, -0.1) is 0 Å². The second-order valence-electron chi connectivity index (χ2n) is 5.38. The Kier molecular flexibility index (Phi) is 3.38. The van der Waals surface area contributed by atoms with Gasteiger partial charge in [-0.25, -0.2) is 4.98 Å². The molecular formula is C13H22N4S. The lowest BCUT2D eigenvalue weighted by Crippen LogP contribution is -2.62. The van der Waals surface area contributed by atoms with Crippen molar-refractivity contribution >= 4 is 11.8 Å². The lowest BCUT2D eigenvalue weighted by atomic mass is 9.87. The van der Waals surface area contributed by atoms with Crippen molar-refractivity contribution in [1.29, 1.82) is 0 Å². The van der Waals surface area contributed by atoms with E-state index >= 15 is 0 Å². The molecule has 4 nitrogen and oxygen atoms in total. The second-order valence-corrected chi connectivity index (χ2v) is 6.83. The SMILES string of the molecule is CC1SCCCC1(CN)N1CCn2ccnc2C1. The second kappa shape index (κ2) is 4.87. The normalized spacial score (nSPS) is 33.3. The summed E-state index contributed by atoms with van der Waals surface area (Å²) in [6.07, 6.45) is 6.52. The summed E-state index contributed by atoms with van der Waals surface area (Å²) >= 11 is 2.08. The zero-order valence-corrected chi connectivity index (χ0v) is 11.8. The zero-order valence-electron chi connectivity index (χ0n) is 11.0. The number of thioether (sulfide) groups is 1. The molecule has 0 saturated carbocycles. The predicted molar refractivity (Wildman–Crippen MR) is 75.6 cm³/mol. The number of fused-ring (bicyclic) bond motifs is 1. The van der Waals surface area contributed by atoms with E-state index < -0.39 is 0 Å². The highest BCUT2D eigenvalue weighted by molar-refractivity contribution is 8.00. The van der Waals surface area contributed by atoms with E-state index in [0.717, 1.165) is 26.2 Å². The summed E-state index contributed by atoms with van der Waals surface area (Å²) < 4.78 is 2.27. The van der Waals surface area contributed by atoms with Gasteiger partial charge in [0.15, 0.2) is 0 Å². The maximum Gasteiger partial charge on any atom is 0.122 e. The van der Waals surface area contributed by atoms with Gasteiger partial charge in [0, 0.05) is 42.8 Å². The van der Waals surface area contributed by atoms with Crippen LogP contribution < -0.4 is 5.73 Å². The maximum atomic E-state index is 6.17. The van der Waals surface area contributed by atoms with Crippen LogP contribution in [0, 0.1) is 0 Å². The first kappa shape index (κ1) is 12.5. The van der Waals surface area contributed by atoms with Gasteiger partial charge in [0.1, 0.15) is 5.82 Å². The van der Waals surface area contributed by atoms with E-state index in [2.05, 4.69) is 39.3 Å². The van der Waals surface area contributed by atoms with Gasteiger partial charge in [0.2, 0.25) is 0 Å². The van der Waals surface area contributed by atoms with E-state index in [-0.39, 0.29) is 5.54 Å². The van der Waals surface area contributed by atoms with Crippen LogP contribution in [-0.4, -0.2) is 44.1 Å². The third-order valence-corrected chi connectivity index (χ3v) is 6.07. The van der Waals surface area contributed by atoms with E-state index in [0.29, 0.717) is 5.25 Å². The number of hydrogen-bond donors (Lipinski definition) is 1. The number of nitrogens with two attached hydrogens (primary N) is 1. The van der Waals surface area contributed by atoms with Crippen molar-refractivity contribution in [3.8, 4) is 0 Å². The van der Waals surface area contributed by atoms with Crippen molar-refractivity contribution in [2.24, 2.45) is 5.73 Å². The molecular weight excluding hydrogens is 244 g/mol. The first-order chi connectivity index (χ1) is 8.76. The average Bonchev–Trinajstić information content (AvgIpc) is 2.87. The molecule has 2 unspecified atom stereocenters. The molecule has 100 valence electrons. The van der Waals surface area contributed by atoms with E-state index in [9.17, 15) is 0 Å². The summed E-state index contributed by atoms with van der Waals surface area (Å²) in [7, 11) is 0. The fraction of sp³-hybridized carbons (Fsp3) is 0.769. The first-order valence-corrected chi connectivity index (χ1v) is 7.88. The fourth-order valence-electron chi connectivity index (χ4n) is 3.36. The van der Waals surface area contributed by atoms with Crippen LogP contribution in [0.5, 0.6) is 0 Å². The van der Waals surface area contributed by atoms with E-state index in [1.54, 1.807) is 0 Å². The molecule has 3 heterocycles. The Balaban J connectivity index is 1.85. The first-order valence-electron chi connectivity index (χ1n) is 6.83. The summed E-state index contributed by atoms with van der Waals surface area (Å²) in [5.74, 6) is 2.47. The third kappa shape index (κ3) is 1.89. The van der Waals surface area contributed by atoms with E-state index in [1.807, 2.05) is 6.20 Å². The van der Waals surface area contributed by atoms with Gasteiger partial charge in [0.05, 0.1) is 6.54 Å². The van der Waals surface area contributed by atoms with Crippen LogP contribution in [-0.2, 0) is 13.1 Å². The van der Waals surface area contributed by atoms with Crippen molar-refractivity contribution < 1.29 is 0 Å². The van der Waals surface area contributed by atoms with Crippen LogP contribution in [0.1, 0.15) is 25.6 Å². The molecule has 0 aromatic carbocycles. The van der Waals surface area contributed by atoms with Crippen LogP contribution >= 0.6 is 11.8 Å². The summed E-state index contributed by atoms with van der Waals surface area (Å²) in [6, 6.07) is 0. The molecule has 1 fully saturated rings. The number of nitrogens with zero attached hydrogens (tertiary/aromatic N) is 3. The summed E-state index contributed by atoms with van der Waals surface area (Å²) in [6.45, 7) is 6.22. The smallest absolute Gasteiger partial charge is 0.122 e. The summed E-state index contributed by atoms with van der Waals surface area (Å²) in [5.41, 5.74) is 6.35. The van der Waals surface area contributed by atoms with Gasteiger partial charge < -0.3 is 10.3 Å². The van der Waals surface area contributed by atoms with E-state index in [1.165, 1.54) is 24.4 Å². The highest BCUT2D eigenvalue weighted by Crippen LogP contribution is 2.39.